The summed E-state index contributed by atoms with van der Waals surface area (Å²) in [4.78, 5) is 23.7. The molecule has 0 unspecified atom stereocenters. The molecule has 156 valence electrons. The predicted molar refractivity (Wildman–Crippen MR) is 104 cm³/mol. The number of hydrogen-bond acceptors (Lipinski definition) is 6. The molecule has 1 amide bonds. The van der Waals surface area contributed by atoms with Gasteiger partial charge in [0.25, 0.3) is 5.91 Å². The van der Waals surface area contributed by atoms with Crippen molar-refractivity contribution in [3.63, 3.8) is 0 Å². The Hall–Kier alpha value is -3.29. The van der Waals surface area contributed by atoms with Gasteiger partial charge in [-0.25, -0.2) is 4.39 Å². The lowest BCUT2D eigenvalue weighted by Gasteiger charge is -2.10. The third-order valence-electron chi connectivity index (χ3n) is 4.11. The van der Waals surface area contributed by atoms with Crippen molar-refractivity contribution in [2.45, 2.75) is 12.8 Å². The average Bonchev–Trinajstić information content (AvgIpc) is 2.72. The molecule has 0 radical (unpaired) electrons. The Morgan fingerprint density at radius 2 is 1.55 bits per heavy atom. The Morgan fingerprint density at radius 1 is 0.897 bits per heavy atom. The van der Waals surface area contributed by atoms with Crippen LogP contribution in [0.3, 0.4) is 0 Å². The van der Waals surface area contributed by atoms with E-state index in [4.69, 9.17) is 18.9 Å². The second kappa shape index (κ2) is 10.9. The zero-order valence-electron chi connectivity index (χ0n) is 16.6. The second-order valence-corrected chi connectivity index (χ2v) is 6.10. The molecule has 0 aliphatic carbocycles. The zero-order valence-corrected chi connectivity index (χ0v) is 16.6. The van der Waals surface area contributed by atoms with Crippen LogP contribution in [0.25, 0.3) is 0 Å². The van der Waals surface area contributed by atoms with Gasteiger partial charge in [-0.2, -0.15) is 0 Å². The van der Waals surface area contributed by atoms with Crippen LogP contribution >= 0.6 is 0 Å². The first-order valence-electron chi connectivity index (χ1n) is 8.92. The van der Waals surface area contributed by atoms with Crippen molar-refractivity contribution in [3.05, 3.63) is 53.3 Å². The van der Waals surface area contributed by atoms with Gasteiger partial charge in [0, 0.05) is 6.54 Å². The van der Waals surface area contributed by atoms with Crippen molar-refractivity contribution in [1.82, 2.24) is 5.32 Å². The summed E-state index contributed by atoms with van der Waals surface area (Å²) in [6, 6.07) is 9.69. The number of ether oxygens (including phenoxy) is 4. The highest BCUT2D eigenvalue weighted by molar-refractivity contribution is 5.81. The van der Waals surface area contributed by atoms with Gasteiger partial charge in [-0.05, 0) is 41.8 Å². The fourth-order valence-corrected chi connectivity index (χ4v) is 2.62. The Morgan fingerprint density at radius 3 is 2.21 bits per heavy atom. The minimum Gasteiger partial charge on any atom is -0.494 e. The fourth-order valence-electron chi connectivity index (χ4n) is 2.62. The molecular weight excluding hydrogens is 381 g/mol. The Labute approximate surface area is 168 Å². The molecule has 0 aliphatic heterocycles. The highest BCUT2D eigenvalue weighted by Gasteiger charge is 2.11. The molecular formula is C21H24FNO6. The topological polar surface area (TPSA) is 83.1 Å². The third-order valence-corrected chi connectivity index (χ3v) is 4.11. The maximum Gasteiger partial charge on any atom is 0.310 e. The monoisotopic (exact) mass is 405 g/mol. The van der Waals surface area contributed by atoms with Crippen molar-refractivity contribution in [2.24, 2.45) is 0 Å². The van der Waals surface area contributed by atoms with E-state index in [0.29, 0.717) is 30.0 Å². The first-order valence-corrected chi connectivity index (χ1v) is 8.92. The molecule has 0 aliphatic rings. The molecule has 8 heteroatoms. The molecule has 2 aromatic carbocycles. The molecule has 0 heterocycles. The number of amides is 1. The van der Waals surface area contributed by atoms with Crippen LogP contribution in [0, 0.1) is 5.82 Å². The molecule has 2 rings (SSSR count). The van der Waals surface area contributed by atoms with Gasteiger partial charge in [0.05, 0.1) is 27.8 Å². The predicted octanol–water partition coefficient (Wildman–Crippen LogP) is 2.30. The van der Waals surface area contributed by atoms with Crippen LogP contribution in [0.5, 0.6) is 17.2 Å². The lowest BCUT2D eigenvalue weighted by Crippen LogP contribution is -2.30. The quantitative estimate of drug-likeness (QED) is 0.611. The lowest BCUT2D eigenvalue weighted by molar-refractivity contribution is -0.147. The Bertz CT molecular complexity index is 855. The number of carbonyl (C=O) groups is 2. The summed E-state index contributed by atoms with van der Waals surface area (Å²) in [5.74, 6) is -0.268. The van der Waals surface area contributed by atoms with E-state index in [1.807, 2.05) is 12.1 Å². The summed E-state index contributed by atoms with van der Waals surface area (Å²) in [6.07, 6.45) is 0.436. The SMILES string of the molecule is COc1ccc(CC(=O)OCC(=O)NCCc2ccc(OC)c(OC)c2)cc1F. The zero-order chi connectivity index (χ0) is 21.2. The van der Waals surface area contributed by atoms with Gasteiger partial charge in [0.15, 0.2) is 29.7 Å². The molecule has 7 nitrogen and oxygen atoms in total. The normalized spacial score (nSPS) is 10.2. The Balaban J connectivity index is 1.73. The summed E-state index contributed by atoms with van der Waals surface area (Å²) in [6.45, 7) is -0.0288. The highest BCUT2D eigenvalue weighted by atomic mass is 19.1. The minimum absolute atomic E-state index is 0.0935. The number of hydrogen-bond donors (Lipinski definition) is 1. The van der Waals surface area contributed by atoms with Crippen molar-refractivity contribution >= 4 is 11.9 Å². The molecule has 1 N–H and O–H groups in total. The molecule has 0 fully saturated rings. The van der Waals surface area contributed by atoms with E-state index < -0.39 is 24.3 Å². The minimum atomic E-state index is -0.621. The third kappa shape index (κ3) is 6.67. The molecule has 0 bridgehead atoms. The highest BCUT2D eigenvalue weighted by Crippen LogP contribution is 2.27. The summed E-state index contributed by atoms with van der Waals surface area (Å²) < 4.78 is 33.8. The van der Waals surface area contributed by atoms with Crippen molar-refractivity contribution in [2.75, 3.05) is 34.5 Å². The molecule has 0 saturated carbocycles. The standard InChI is InChI=1S/C21H24FNO6/c1-26-17-6-5-15(10-16(17)22)12-21(25)29-13-20(24)23-9-8-14-4-7-18(27-2)19(11-14)28-3/h4-7,10-11H,8-9,12-13H2,1-3H3,(H,23,24). The van der Waals surface area contributed by atoms with E-state index >= 15 is 0 Å². The summed E-state index contributed by atoms with van der Waals surface area (Å²) in [7, 11) is 4.47. The van der Waals surface area contributed by atoms with Gasteiger partial charge < -0.3 is 24.3 Å². The van der Waals surface area contributed by atoms with Crippen molar-refractivity contribution in [3.8, 4) is 17.2 Å². The van der Waals surface area contributed by atoms with Crippen LogP contribution in [0.4, 0.5) is 4.39 Å². The van der Waals surface area contributed by atoms with Gasteiger partial charge >= 0.3 is 5.97 Å². The molecule has 29 heavy (non-hydrogen) atoms. The molecule has 0 atom stereocenters. The fraction of sp³-hybridized carbons (Fsp3) is 0.333. The smallest absolute Gasteiger partial charge is 0.310 e. The van der Waals surface area contributed by atoms with Gasteiger partial charge in [0.1, 0.15) is 0 Å². The van der Waals surface area contributed by atoms with E-state index in [0.717, 1.165) is 5.56 Å². The molecule has 0 aromatic heterocycles. The van der Waals surface area contributed by atoms with Crippen molar-refractivity contribution in [1.29, 1.82) is 0 Å². The van der Waals surface area contributed by atoms with Gasteiger partial charge in [-0.15, -0.1) is 0 Å². The summed E-state index contributed by atoms with van der Waals surface area (Å²) in [5, 5.41) is 2.68. The maximum atomic E-state index is 13.6. The van der Waals surface area contributed by atoms with E-state index in [1.165, 1.54) is 19.2 Å². The first kappa shape index (κ1) is 22.0. The number of carbonyl (C=O) groups excluding carboxylic acids is 2. The number of halogens is 1. The number of rotatable bonds is 10. The lowest BCUT2D eigenvalue weighted by atomic mass is 10.1. The number of nitrogens with one attached hydrogen (secondary N) is 1. The Kier molecular flexibility index (Phi) is 8.27. The van der Waals surface area contributed by atoms with Crippen molar-refractivity contribution < 1.29 is 32.9 Å². The van der Waals surface area contributed by atoms with E-state index in [9.17, 15) is 14.0 Å². The average molecular weight is 405 g/mol. The van der Waals surface area contributed by atoms with Gasteiger partial charge in [-0.3, -0.25) is 9.59 Å². The largest absolute Gasteiger partial charge is 0.494 e. The molecule has 0 spiro atoms. The van der Waals surface area contributed by atoms with Gasteiger partial charge in [-0.1, -0.05) is 12.1 Å². The summed E-state index contributed by atoms with van der Waals surface area (Å²) >= 11 is 0. The number of esters is 1. The van der Waals surface area contributed by atoms with Crippen LogP contribution < -0.4 is 19.5 Å². The van der Waals surface area contributed by atoms with E-state index in [2.05, 4.69) is 5.32 Å². The van der Waals surface area contributed by atoms with Crippen LogP contribution in [0.15, 0.2) is 36.4 Å². The number of benzene rings is 2. The maximum absolute atomic E-state index is 13.6. The summed E-state index contributed by atoms with van der Waals surface area (Å²) in [5.41, 5.74) is 1.39. The van der Waals surface area contributed by atoms with Crippen LogP contribution in [0.2, 0.25) is 0 Å². The van der Waals surface area contributed by atoms with Crippen LogP contribution in [-0.4, -0.2) is 46.4 Å². The van der Waals surface area contributed by atoms with Crippen LogP contribution in [0.1, 0.15) is 11.1 Å². The second-order valence-electron chi connectivity index (χ2n) is 6.10. The van der Waals surface area contributed by atoms with Crippen LogP contribution in [-0.2, 0) is 27.2 Å². The molecule has 2 aromatic rings. The van der Waals surface area contributed by atoms with E-state index in [1.54, 1.807) is 26.4 Å². The van der Waals surface area contributed by atoms with E-state index in [-0.39, 0.29) is 12.2 Å². The van der Waals surface area contributed by atoms with Gasteiger partial charge in [0.2, 0.25) is 0 Å². The number of methoxy groups -OCH3 is 3. The molecule has 0 saturated heterocycles. The first-order chi connectivity index (χ1) is 14.0.